The van der Waals surface area contributed by atoms with Gasteiger partial charge in [-0.15, -0.1) is 0 Å². The van der Waals surface area contributed by atoms with Crippen LogP contribution < -0.4 is 10.2 Å². The van der Waals surface area contributed by atoms with Gasteiger partial charge in [-0.05, 0) is 70.6 Å². The van der Waals surface area contributed by atoms with Gasteiger partial charge in [0.05, 0.1) is 39.9 Å². The van der Waals surface area contributed by atoms with E-state index in [0.717, 1.165) is 64.2 Å². The molecule has 2 N–H and O–H groups in total. The summed E-state index contributed by atoms with van der Waals surface area (Å²) in [5, 5.41) is 13.8. The van der Waals surface area contributed by atoms with E-state index >= 15 is 0 Å². The second-order valence-electron chi connectivity index (χ2n) is 18.5. The molecular formula is C54H99N2O6P. The second kappa shape index (κ2) is 45.1. The monoisotopic (exact) mass is 903 g/mol. The van der Waals surface area contributed by atoms with Gasteiger partial charge in [-0.25, -0.2) is 0 Å². The van der Waals surface area contributed by atoms with E-state index in [0.29, 0.717) is 17.4 Å². The van der Waals surface area contributed by atoms with E-state index in [4.69, 9.17) is 9.05 Å². The number of hydrogen-bond donors (Lipinski definition) is 2. The molecule has 0 heterocycles. The summed E-state index contributed by atoms with van der Waals surface area (Å²) in [4.78, 5) is 25.4. The van der Waals surface area contributed by atoms with E-state index in [1.807, 2.05) is 27.2 Å². The molecule has 0 aliphatic heterocycles. The van der Waals surface area contributed by atoms with E-state index in [1.54, 1.807) is 6.08 Å². The first-order valence-electron chi connectivity index (χ1n) is 25.8. The maximum Gasteiger partial charge on any atom is 0.268 e. The number of allylic oxidation sites excluding steroid dienone is 11. The van der Waals surface area contributed by atoms with Gasteiger partial charge in [0.2, 0.25) is 5.91 Å². The average molecular weight is 903 g/mol. The van der Waals surface area contributed by atoms with Crippen LogP contribution in [0, 0.1) is 0 Å². The Hall–Kier alpha value is -2.06. The van der Waals surface area contributed by atoms with Crippen LogP contribution in [0.15, 0.2) is 72.9 Å². The van der Waals surface area contributed by atoms with Crippen molar-refractivity contribution in [3.63, 3.8) is 0 Å². The minimum atomic E-state index is -4.60. The highest BCUT2D eigenvalue weighted by Crippen LogP contribution is 2.38. The highest BCUT2D eigenvalue weighted by molar-refractivity contribution is 7.45. The predicted molar refractivity (Wildman–Crippen MR) is 270 cm³/mol. The van der Waals surface area contributed by atoms with Crippen molar-refractivity contribution in [3.05, 3.63) is 72.9 Å². The Labute approximate surface area is 389 Å². The van der Waals surface area contributed by atoms with E-state index in [2.05, 4.69) is 79.9 Å². The van der Waals surface area contributed by atoms with Gasteiger partial charge in [-0.1, -0.05) is 209 Å². The molecule has 0 aromatic rings. The number of quaternary nitrogens is 1. The van der Waals surface area contributed by atoms with Gasteiger partial charge in [0.25, 0.3) is 7.82 Å². The Morgan fingerprint density at radius 1 is 0.571 bits per heavy atom. The van der Waals surface area contributed by atoms with Crippen LogP contribution in [-0.2, 0) is 18.4 Å². The van der Waals surface area contributed by atoms with Gasteiger partial charge in [0, 0.05) is 6.42 Å². The summed E-state index contributed by atoms with van der Waals surface area (Å²) in [6, 6.07) is -0.907. The maximum atomic E-state index is 12.9. The topological polar surface area (TPSA) is 108 Å². The van der Waals surface area contributed by atoms with Gasteiger partial charge < -0.3 is 28.8 Å². The van der Waals surface area contributed by atoms with Crippen LogP contribution in [-0.4, -0.2) is 68.5 Å². The smallest absolute Gasteiger partial charge is 0.268 e. The molecule has 0 fully saturated rings. The van der Waals surface area contributed by atoms with Gasteiger partial charge in [-0.2, -0.15) is 0 Å². The zero-order valence-electron chi connectivity index (χ0n) is 41.5. The molecule has 0 aromatic carbocycles. The zero-order chi connectivity index (χ0) is 46.4. The third-order valence-electron chi connectivity index (χ3n) is 11.2. The molecule has 0 saturated heterocycles. The number of hydrogen-bond acceptors (Lipinski definition) is 6. The van der Waals surface area contributed by atoms with E-state index in [9.17, 15) is 19.4 Å². The van der Waals surface area contributed by atoms with Crippen LogP contribution in [0.3, 0.4) is 0 Å². The molecule has 9 heteroatoms. The molecule has 0 radical (unpaired) electrons. The number of nitrogens with one attached hydrogen (secondary N) is 1. The number of unbranched alkanes of at least 4 members (excludes halogenated alkanes) is 23. The molecule has 0 aliphatic carbocycles. The number of phosphoric acid groups is 1. The van der Waals surface area contributed by atoms with Crippen LogP contribution in [0.5, 0.6) is 0 Å². The number of rotatable bonds is 46. The standard InChI is InChI=1S/C54H99N2O6P/c1-6-8-10-12-14-16-18-20-22-24-25-26-27-28-29-30-31-32-34-36-38-40-42-44-46-48-54(58)55-52(51-62-63(59,60)61-50-49-56(3,4)5)53(57)47-45-43-41-39-37-35-33-23-21-19-17-15-13-11-9-7-2/h8,10,14,16,20,22,25-26,37,39,45,47,52-53,57H,6-7,9,11-13,15,17-19,21,23-24,27-36,38,40-44,46,48-51H2,1-5H3,(H-,55,58,59,60)/b10-8-,16-14-,22-20-,26-25-,39-37+,47-45+. The SMILES string of the molecule is CC/C=C\C/C=C\C/C=C\C/C=C\CCCCCCCCCCCCCCC(=O)NC(COP(=O)([O-])OCC[N+](C)(C)C)C(O)/C=C/CC/C=C/CCCCCCCCCCCC. The highest BCUT2D eigenvalue weighted by atomic mass is 31.2. The quantitative estimate of drug-likeness (QED) is 0.0273. The number of aliphatic hydroxyl groups excluding tert-OH is 1. The number of amides is 1. The normalized spacial score (nSPS) is 14.7. The van der Waals surface area contributed by atoms with Crippen LogP contribution in [0.2, 0.25) is 0 Å². The molecule has 0 aliphatic rings. The van der Waals surface area contributed by atoms with Crippen molar-refractivity contribution in [3.8, 4) is 0 Å². The summed E-state index contributed by atoms with van der Waals surface area (Å²) in [6.45, 7) is 4.51. The fourth-order valence-corrected chi connectivity index (χ4v) is 7.82. The molecule has 366 valence electrons. The third kappa shape index (κ3) is 47.7. The molecule has 0 bridgehead atoms. The number of aliphatic hydroxyl groups is 1. The molecule has 0 saturated carbocycles. The summed E-state index contributed by atoms with van der Waals surface area (Å²) in [5.41, 5.74) is 0. The molecule has 0 aromatic heterocycles. The summed E-state index contributed by atoms with van der Waals surface area (Å²) in [5.74, 6) is -0.212. The Balaban J connectivity index is 4.30. The van der Waals surface area contributed by atoms with Crippen molar-refractivity contribution in [2.24, 2.45) is 0 Å². The van der Waals surface area contributed by atoms with Crippen LogP contribution in [0.1, 0.15) is 213 Å². The average Bonchev–Trinajstić information content (AvgIpc) is 3.24. The maximum absolute atomic E-state index is 12.9. The van der Waals surface area contributed by atoms with Gasteiger partial charge in [0.1, 0.15) is 13.2 Å². The Morgan fingerprint density at radius 2 is 0.984 bits per heavy atom. The van der Waals surface area contributed by atoms with E-state index in [1.165, 1.54) is 128 Å². The molecule has 3 unspecified atom stereocenters. The molecule has 8 nitrogen and oxygen atoms in total. The number of phosphoric ester groups is 1. The lowest BCUT2D eigenvalue weighted by atomic mass is 10.0. The fraction of sp³-hybridized carbons (Fsp3) is 0.759. The van der Waals surface area contributed by atoms with Gasteiger partial charge in [0.15, 0.2) is 0 Å². The molecule has 3 atom stereocenters. The zero-order valence-corrected chi connectivity index (χ0v) is 42.4. The molecule has 0 spiro atoms. The summed E-state index contributed by atoms with van der Waals surface area (Å²) in [7, 11) is 1.24. The molecule has 1 amide bonds. The van der Waals surface area contributed by atoms with Crippen molar-refractivity contribution < 1.29 is 32.9 Å². The predicted octanol–water partition coefficient (Wildman–Crippen LogP) is 14.5. The number of carbonyl (C=O) groups excluding carboxylic acids is 1. The second-order valence-corrected chi connectivity index (χ2v) is 19.9. The first-order chi connectivity index (χ1) is 30.5. The lowest BCUT2D eigenvalue weighted by molar-refractivity contribution is -0.870. The number of nitrogens with zero attached hydrogens (tertiary/aromatic N) is 1. The van der Waals surface area contributed by atoms with Crippen LogP contribution in [0.4, 0.5) is 0 Å². The molecule has 63 heavy (non-hydrogen) atoms. The lowest BCUT2D eigenvalue weighted by Crippen LogP contribution is -2.45. The molecular weight excluding hydrogens is 804 g/mol. The van der Waals surface area contributed by atoms with Crippen LogP contribution in [0.25, 0.3) is 0 Å². The largest absolute Gasteiger partial charge is 0.756 e. The minimum Gasteiger partial charge on any atom is -0.756 e. The first kappa shape index (κ1) is 60.9. The lowest BCUT2D eigenvalue weighted by Gasteiger charge is -2.29. The van der Waals surface area contributed by atoms with Crippen molar-refractivity contribution in [1.29, 1.82) is 0 Å². The van der Waals surface area contributed by atoms with Gasteiger partial charge >= 0.3 is 0 Å². The Bertz CT molecular complexity index is 1250. The Kier molecular flexibility index (Phi) is 43.6. The fourth-order valence-electron chi connectivity index (χ4n) is 7.10. The number of carbonyl (C=O) groups is 1. The summed E-state index contributed by atoms with van der Waals surface area (Å²) >= 11 is 0. The Morgan fingerprint density at radius 3 is 1.48 bits per heavy atom. The highest BCUT2D eigenvalue weighted by Gasteiger charge is 2.23. The van der Waals surface area contributed by atoms with Crippen molar-refractivity contribution >= 4 is 13.7 Å². The minimum absolute atomic E-state index is 0.00925. The van der Waals surface area contributed by atoms with Crippen molar-refractivity contribution in [2.45, 2.75) is 225 Å². The summed E-state index contributed by atoms with van der Waals surface area (Å²) < 4.78 is 23.3. The summed E-state index contributed by atoms with van der Waals surface area (Å²) in [6.07, 6.45) is 61.0. The molecule has 0 rings (SSSR count). The first-order valence-corrected chi connectivity index (χ1v) is 27.3. The third-order valence-corrected chi connectivity index (χ3v) is 12.1. The van der Waals surface area contributed by atoms with Crippen molar-refractivity contribution in [2.75, 3.05) is 40.9 Å². The number of likely N-dealkylation sites (N-methyl/N-ethyl adjacent to an activating group) is 1. The van der Waals surface area contributed by atoms with Crippen LogP contribution >= 0.6 is 7.82 Å². The van der Waals surface area contributed by atoms with E-state index in [-0.39, 0.29) is 12.5 Å². The van der Waals surface area contributed by atoms with E-state index < -0.39 is 26.6 Å². The van der Waals surface area contributed by atoms with Crippen molar-refractivity contribution in [1.82, 2.24) is 5.32 Å². The van der Waals surface area contributed by atoms with Gasteiger partial charge in [-0.3, -0.25) is 9.36 Å².